The van der Waals surface area contributed by atoms with Crippen LogP contribution < -0.4 is 0 Å². The molecule has 0 nitrogen and oxygen atoms in total. The van der Waals surface area contributed by atoms with E-state index >= 15 is 0 Å². The maximum atomic E-state index is 13.0. The normalized spacial score (nSPS) is 31.8. The Morgan fingerprint density at radius 3 is 1.43 bits per heavy atom. The quantitative estimate of drug-likeness (QED) is 0.386. The lowest BCUT2D eigenvalue weighted by atomic mass is 9.72. The molecule has 23 heavy (non-hydrogen) atoms. The fraction of sp³-hybridized carbons (Fsp3) is 1.00. The van der Waals surface area contributed by atoms with Crippen molar-refractivity contribution >= 4 is 0 Å². The minimum Gasteiger partial charge on any atom is -0.171 e. The number of alkyl halides is 6. The number of hydrogen-bond donors (Lipinski definition) is 0. The zero-order valence-electron chi connectivity index (χ0n) is 13.4. The van der Waals surface area contributed by atoms with Gasteiger partial charge in [0.05, 0.1) is 11.8 Å². The first-order valence-electron chi connectivity index (χ1n) is 8.79. The fourth-order valence-electron chi connectivity index (χ4n) is 4.33. The third kappa shape index (κ3) is 5.86. The molecule has 0 aromatic rings. The Balaban J connectivity index is 1.93. The summed E-state index contributed by atoms with van der Waals surface area (Å²) in [5.41, 5.74) is 0. The molecule has 2 aliphatic rings. The second-order valence-electron chi connectivity index (χ2n) is 7.49. The molecule has 136 valence electrons. The maximum absolute atomic E-state index is 13.0. The lowest BCUT2D eigenvalue weighted by molar-refractivity contribution is -0.229. The summed E-state index contributed by atoms with van der Waals surface area (Å²) < 4.78 is 77.7. The molecule has 0 aromatic heterocycles. The first-order valence-corrected chi connectivity index (χ1v) is 8.79. The van der Waals surface area contributed by atoms with Gasteiger partial charge in [-0.25, -0.2) is 0 Å². The van der Waals surface area contributed by atoms with Crippen LogP contribution in [0.25, 0.3) is 0 Å². The molecule has 0 heterocycles. The average molecular weight is 344 g/mol. The van der Waals surface area contributed by atoms with Gasteiger partial charge in [-0.1, -0.05) is 51.4 Å². The molecule has 2 aliphatic carbocycles. The molecule has 0 N–H and O–H groups in total. The third-order valence-electron chi connectivity index (χ3n) is 5.69. The Hall–Kier alpha value is -0.420. The Morgan fingerprint density at radius 2 is 1.00 bits per heavy atom. The molecular formula is C17H26F6. The van der Waals surface area contributed by atoms with Crippen molar-refractivity contribution in [2.45, 2.75) is 83.0 Å². The van der Waals surface area contributed by atoms with E-state index < -0.39 is 36.5 Å². The van der Waals surface area contributed by atoms with Crippen molar-refractivity contribution in [1.29, 1.82) is 0 Å². The molecule has 6 heteroatoms. The molecular weight excluding hydrogens is 318 g/mol. The highest BCUT2D eigenvalue weighted by atomic mass is 19.4. The van der Waals surface area contributed by atoms with E-state index in [0.717, 1.165) is 32.1 Å². The van der Waals surface area contributed by atoms with Crippen LogP contribution in [0.5, 0.6) is 0 Å². The second-order valence-corrected chi connectivity index (χ2v) is 7.49. The highest BCUT2D eigenvalue weighted by Gasteiger charge is 2.51. The summed E-state index contributed by atoms with van der Waals surface area (Å²) in [6, 6.07) is 0. The molecule has 0 amide bonds. The highest BCUT2D eigenvalue weighted by molar-refractivity contribution is 4.86. The number of hydrogen-bond acceptors (Lipinski definition) is 0. The monoisotopic (exact) mass is 344 g/mol. The summed E-state index contributed by atoms with van der Waals surface area (Å²) in [5.74, 6) is -3.53. The van der Waals surface area contributed by atoms with Crippen LogP contribution in [-0.4, -0.2) is 12.4 Å². The third-order valence-corrected chi connectivity index (χ3v) is 5.69. The van der Waals surface area contributed by atoms with Crippen LogP contribution in [0.15, 0.2) is 0 Å². The van der Waals surface area contributed by atoms with E-state index in [1.54, 1.807) is 0 Å². The van der Waals surface area contributed by atoms with E-state index in [-0.39, 0.29) is 12.8 Å². The first kappa shape index (κ1) is 18.9. The van der Waals surface area contributed by atoms with Crippen LogP contribution in [0.3, 0.4) is 0 Å². The topological polar surface area (TPSA) is 0 Å². The zero-order chi connectivity index (χ0) is 17.1. The van der Waals surface area contributed by atoms with Crippen LogP contribution in [0.4, 0.5) is 26.3 Å². The second kappa shape index (κ2) is 7.64. The summed E-state index contributed by atoms with van der Waals surface area (Å²) in [5, 5.41) is 0. The molecule has 0 aromatic carbocycles. The average Bonchev–Trinajstić information content (AvgIpc) is 2.71. The molecule has 0 bridgehead atoms. The summed E-state index contributed by atoms with van der Waals surface area (Å²) in [7, 11) is 0. The van der Waals surface area contributed by atoms with Gasteiger partial charge < -0.3 is 0 Å². The standard InChI is InChI=1S/C17H26F6/c18-16(19,20)14-9-13(10-15(11-14)17(21,22)23)8-7-12-5-3-1-2-4-6-12/h12-15H,1-11H2. The van der Waals surface area contributed by atoms with Crippen LogP contribution in [0, 0.1) is 23.7 Å². The minimum atomic E-state index is -4.51. The Bertz CT molecular complexity index is 329. The minimum absolute atomic E-state index is 0.122. The highest BCUT2D eigenvalue weighted by Crippen LogP contribution is 2.49. The van der Waals surface area contributed by atoms with E-state index in [4.69, 9.17) is 0 Å². The molecule has 2 unspecified atom stereocenters. The van der Waals surface area contributed by atoms with Gasteiger partial charge in [0.2, 0.25) is 0 Å². The van der Waals surface area contributed by atoms with Crippen molar-refractivity contribution in [1.82, 2.24) is 0 Å². The number of rotatable bonds is 3. The number of halogens is 6. The van der Waals surface area contributed by atoms with Crippen LogP contribution in [0.1, 0.15) is 70.6 Å². The van der Waals surface area contributed by atoms with Crippen LogP contribution in [0.2, 0.25) is 0 Å². The van der Waals surface area contributed by atoms with Gasteiger partial charge in [0.1, 0.15) is 0 Å². The van der Waals surface area contributed by atoms with Gasteiger partial charge in [0.25, 0.3) is 0 Å². The van der Waals surface area contributed by atoms with Gasteiger partial charge in [0.15, 0.2) is 0 Å². The maximum Gasteiger partial charge on any atom is 0.391 e. The van der Waals surface area contributed by atoms with Crippen molar-refractivity contribution in [3.8, 4) is 0 Å². The molecule has 0 spiro atoms. The lowest BCUT2D eigenvalue weighted by Gasteiger charge is -2.37. The summed E-state index contributed by atoms with van der Waals surface area (Å²) in [6.45, 7) is 0. The van der Waals surface area contributed by atoms with Gasteiger partial charge in [-0.15, -0.1) is 0 Å². The van der Waals surface area contributed by atoms with Gasteiger partial charge in [0, 0.05) is 0 Å². The van der Waals surface area contributed by atoms with Gasteiger partial charge >= 0.3 is 12.4 Å². The van der Waals surface area contributed by atoms with E-state index in [1.807, 2.05) is 0 Å². The predicted molar refractivity (Wildman–Crippen MR) is 76.9 cm³/mol. The molecule has 2 atom stereocenters. The van der Waals surface area contributed by atoms with Gasteiger partial charge in [-0.05, 0) is 31.1 Å². The molecule has 2 saturated carbocycles. The van der Waals surface area contributed by atoms with Gasteiger partial charge in [-0.3, -0.25) is 0 Å². The summed E-state index contributed by atoms with van der Waals surface area (Å²) in [6.07, 6.45) is -1.89. The zero-order valence-corrected chi connectivity index (χ0v) is 13.4. The molecule has 0 saturated heterocycles. The molecule has 2 rings (SSSR count). The van der Waals surface area contributed by atoms with Crippen LogP contribution >= 0.6 is 0 Å². The van der Waals surface area contributed by atoms with E-state index in [0.29, 0.717) is 12.3 Å². The largest absolute Gasteiger partial charge is 0.391 e. The SMILES string of the molecule is FC(F)(F)C1CC(CCC2CCCCCC2)CC(C(F)(F)F)C1. The van der Waals surface area contributed by atoms with Crippen molar-refractivity contribution < 1.29 is 26.3 Å². The Kier molecular flexibility index (Phi) is 6.28. The van der Waals surface area contributed by atoms with E-state index in [2.05, 4.69) is 0 Å². The van der Waals surface area contributed by atoms with Crippen molar-refractivity contribution in [2.24, 2.45) is 23.7 Å². The Labute approximate surface area is 134 Å². The fourth-order valence-corrected chi connectivity index (χ4v) is 4.33. The van der Waals surface area contributed by atoms with Gasteiger partial charge in [-0.2, -0.15) is 26.3 Å². The molecule has 0 aliphatic heterocycles. The molecule has 2 fully saturated rings. The lowest BCUT2D eigenvalue weighted by Crippen LogP contribution is -2.38. The first-order chi connectivity index (χ1) is 10.7. The van der Waals surface area contributed by atoms with E-state index in [1.165, 1.54) is 12.8 Å². The van der Waals surface area contributed by atoms with Crippen molar-refractivity contribution in [3.63, 3.8) is 0 Å². The van der Waals surface area contributed by atoms with E-state index in [9.17, 15) is 26.3 Å². The summed E-state index contributed by atoms with van der Waals surface area (Å²) >= 11 is 0. The van der Waals surface area contributed by atoms with Crippen molar-refractivity contribution in [3.05, 3.63) is 0 Å². The summed E-state index contributed by atoms with van der Waals surface area (Å²) in [4.78, 5) is 0. The molecule has 0 radical (unpaired) electrons. The van der Waals surface area contributed by atoms with Crippen molar-refractivity contribution in [2.75, 3.05) is 0 Å². The van der Waals surface area contributed by atoms with Crippen LogP contribution in [-0.2, 0) is 0 Å². The predicted octanol–water partition coefficient (Wildman–Crippen LogP) is 6.89. The smallest absolute Gasteiger partial charge is 0.171 e. The Morgan fingerprint density at radius 1 is 0.565 bits per heavy atom.